The fourth-order valence-corrected chi connectivity index (χ4v) is 2.56. The zero-order chi connectivity index (χ0) is 20.4. The van der Waals surface area contributed by atoms with Crippen molar-refractivity contribution in [3.05, 3.63) is 79.5 Å². The number of amides is 3. The summed E-state index contributed by atoms with van der Waals surface area (Å²) in [5, 5.41) is 33.4. The van der Waals surface area contributed by atoms with Gasteiger partial charge < -0.3 is 10.4 Å². The van der Waals surface area contributed by atoms with E-state index in [9.17, 15) is 34.9 Å². The Morgan fingerprint density at radius 2 is 1.71 bits per heavy atom. The summed E-state index contributed by atoms with van der Waals surface area (Å²) >= 11 is 0. The lowest BCUT2D eigenvalue weighted by Crippen LogP contribution is -2.30. The maximum Gasteiger partial charge on any atom is 0.329 e. The molecule has 0 aromatic heterocycles. The first-order valence-electron chi connectivity index (χ1n) is 7.81. The first-order valence-corrected chi connectivity index (χ1v) is 7.81. The molecule has 11 heteroatoms. The van der Waals surface area contributed by atoms with Gasteiger partial charge in [-0.3, -0.25) is 29.9 Å². The monoisotopic (exact) mass is 384 g/mol. The number of nitro benzene ring substituents is 2. The molecule has 1 aliphatic rings. The molecule has 28 heavy (non-hydrogen) atoms. The quantitative estimate of drug-likeness (QED) is 0.347. The third-order valence-electron chi connectivity index (χ3n) is 3.96. The smallest absolute Gasteiger partial charge is 0.329 e. The van der Waals surface area contributed by atoms with Gasteiger partial charge in [-0.25, -0.2) is 4.79 Å². The molecule has 142 valence electrons. The number of urea groups is 1. The number of carbonyl (C=O) groups excluding carboxylic acids is 2. The fraction of sp³-hybridized carbons (Fsp3) is 0.0588. The average molecular weight is 384 g/mol. The van der Waals surface area contributed by atoms with Gasteiger partial charge in [-0.2, -0.15) is 0 Å². The van der Waals surface area contributed by atoms with Gasteiger partial charge in [0.25, 0.3) is 11.6 Å². The maximum atomic E-state index is 12.5. The SMILES string of the molecule is O=C1N/C(=C\c2ccc(O)c([N+](=O)[O-])c2)C(=O)N1Cc1ccc([N+](=O)[O-])cc1. The van der Waals surface area contributed by atoms with Gasteiger partial charge in [0.2, 0.25) is 0 Å². The number of non-ortho nitro benzene ring substituents is 1. The van der Waals surface area contributed by atoms with E-state index in [-0.39, 0.29) is 23.5 Å². The topological polar surface area (TPSA) is 156 Å². The summed E-state index contributed by atoms with van der Waals surface area (Å²) in [5.41, 5.74) is 0.0113. The van der Waals surface area contributed by atoms with Crippen LogP contribution in [0.5, 0.6) is 5.75 Å². The number of benzene rings is 2. The molecule has 0 aliphatic carbocycles. The summed E-state index contributed by atoms with van der Waals surface area (Å²) in [6.45, 7) is -0.101. The van der Waals surface area contributed by atoms with Gasteiger partial charge in [0.05, 0.1) is 16.4 Å². The van der Waals surface area contributed by atoms with E-state index < -0.39 is 33.2 Å². The number of nitrogens with zero attached hydrogens (tertiary/aromatic N) is 3. The molecule has 0 saturated carbocycles. The molecule has 2 N–H and O–H groups in total. The summed E-state index contributed by atoms with van der Waals surface area (Å²) in [6.07, 6.45) is 1.25. The molecular weight excluding hydrogens is 372 g/mol. The van der Waals surface area contributed by atoms with E-state index in [0.29, 0.717) is 5.56 Å². The number of aromatic hydroxyl groups is 1. The molecule has 2 aromatic rings. The van der Waals surface area contributed by atoms with Crippen molar-refractivity contribution in [3.63, 3.8) is 0 Å². The molecule has 0 spiro atoms. The molecule has 3 amide bonds. The molecular formula is C17H12N4O7. The van der Waals surface area contributed by atoms with Gasteiger partial charge in [-0.15, -0.1) is 0 Å². The highest BCUT2D eigenvalue weighted by atomic mass is 16.6. The van der Waals surface area contributed by atoms with Crippen molar-refractivity contribution in [1.29, 1.82) is 0 Å². The van der Waals surface area contributed by atoms with Gasteiger partial charge in [-0.05, 0) is 23.3 Å². The van der Waals surface area contributed by atoms with E-state index in [1.165, 1.54) is 36.4 Å². The van der Waals surface area contributed by atoms with E-state index >= 15 is 0 Å². The van der Waals surface area contributed by atoms with E-state index in [2.05, 4.69) is 5.32 Å². The number of imide groups is 1. The fourth-order valence-electron chi connectivity index (χ4n) is 2.56. The lowest BCUT2D eigenvalue weighted by atomic mass is 10.1. The summed E-state index contributed by atoms with van der Waals surface area (Å²) < 4.78 is 0. The zero-order valence-corrected chi connectivity index (χ0v) is 14.1. The highest BCUT2D eigenvalue weighted by Gasteiger charge is 2.33. The van der Waals surface area contributed by atoms with Gasteiger partial charge in [-0.1, -0.05) is 18.2 Å². The Balaban J connectivity index is 1.81. The average Bonchev–Trinajstić information content (AvgIpc) is 2.91. The van der Waals surface area contributed by atoms with Crippen molar-refractivity contribution in [2.24, 2.45) is 0 Å². The van der Waals surface area contributed by atoms with Crippen LogP contribution in [0.25, 0.3) is 6.08 Å². The molecule has 1 saturated heterocycles. The number of nitrogens with one attached hydrogen (secondary N) is 1. The molecule has 1 fully saturated rings. The van der Waals surface area contributed by atoms with E-state index in [0.717, 1.165) is 17.0 Å². The molecule has 0 radical (unpaired) electrons. The Morgan fingerprint density at radius 1 is 1.04 bits per heavy atom. The van der Waals surface area contributed by atoms with Crippen LogP contribution in [0, 0.1) is 20.2 Å². The number of hydrogen-bond acceptors (Lipinski definition) is 7. The number of nitro groups is 2. The highest BCUT2D eigenvalue weighted by Crippen LogP contribution is 2.28. The minimum absolute atomic E-state index is 0.0908. The van der Waals surface area contributed by atoms with Crippen LogP contribution in [0.1, 0.15) is 11.1 Å². The highest BCUT2D eigenvalue weighted by molar-refractivity contribution is 6.13. The number of hydrogen-bond donors (Lipinski definition) is 2. The Kier molecular flexibility index (Phi) is 4.73. The summed E-state index contributed by atoms with van der Waals surface area (Å²) in [4.78, 5) is 45.7. The van der Waals surface area contributed by atoms with Gasteiger partial charge in [0.1, 0.15) is 5.70 Å². The minimum Gasteiger partial charge on any atom is -0.502 e. The molecule has 0 bridgehead atoms. The Labute approximate surface area is 156 Å². The van der Waals surface area contributed by atoms with Crippen LogP contribution in [0.3, 0.4) is 0 Å². The Hall–Kier alpha value is -4.28. The van der Waals surface area contributed by atoms with Crippen LogP contribution < -0.4 is 5.32 Å². The van der Waals surface area contributed by atoms with E-state index in [1.807, 2.05) is 0 Å². The molecule has 0 unspecified atom stereocenters. The van der Waals surface area contributed by atoms with E-state index in [1.54, 1.807) is 0 Å². The van der Waals surface area contributed by atoms with Crippen molar-refractivity contribution < 1.29 is 24.5 Å². The van der Waals surface area contributed by atoms with Crippen LogP contribution in [0.4, 0.5) is 16.2 Å². The number of phenolic OH excluding ortho intramolecular Hbond substituents is 1. The van der Waals surface area contributed by atoms with Crippen molar-refractivity contribution in [1.82, 2.24) is 10.2 Å². The van der Waals surface area contributed by atoms with Crippen molar-refractivity contribution in [2.45, 2.75) is 6.54 Å². The third kappa shape index (κ3) is 3.62. The van der Waals surface area contributed by atoms with Crippen LogP contribution in [-0.2, 0) is 11.3 Å². The van der Waals surface area contributed by atoms with Crippen molar-refractivity contribution >= 4 is 29.4 Å². The summed E-state index contributed by atoms with van der Waals surface area (Å²) in [5.74, 6) is -1.17. The van der Waals surface area contributed by atoms with Crippen molar-refractivity contribution in [2.75, 3.05) is 0 Å². The van der Waals surface area contributed by atoms with Crippen LogP contribution >= 0.6 is 0 Å². The molecule has 0 atom stereocenters. The number of phenols is 1. The lowest BCUT2D eigenvalue weighted by Gasteiger charge is -2.11. The Bertz CT molecular complexity index is 1030. The minimum atomic E-state index is -0.771. The zero-order valence-electron chi connectivity index (χ0n) is 14.1. The van der Waals surface area contributed by atoms with Gasteiger partial charge in [0, 0.05) is 18.2 Å². The molecule has 1 heterocycles. The standard InChI is InChI=1S/C17H12N4O7/c22-15-6-3-11(8-14(15)21(27)28)7-13-16(23)19(17(24)18-13)9-10-1-4-12(5-2-10)20(25)26/h1-8,22H,9H2,(H,18,24)/b13-7-. The molecule has 1 aliphatic heterocycles. The normalized spacial score (nSPS) is 15.0. The van der Waals surface area contributed by atoms with Crippen LogP contribution in [0.2, 0.25) is 0 Å². The van der Waals surface area contributed by atoms with Crippen molar-refractivity contribution in [3.8, 4) is 5.75 Å². The predicted octanol–water partition coefficient (Wildman–Crippen LogP) is 2.30. The van der Waals surface area contributed by atoms with E-state index in [4.69, 9.17) is 0 Å². The maximum absolute atomic E-state index is 12.5. The number of rotatable bonds is 5. The largest absolute Gasteiger partial charge is 0.502 e. The second-order valence-electron chi connectivity index (χ2n) is 5.81. The predicted molar refractivity (Wildman–Crippen MR) is 94.9 cm³/mol. The Morgan fingerprint density at radius 3 is 2.32 bits per heavy atom. The first kappa shape index (κ1) is 18.5. The lowest BCUT2D eigenvalue weighted by molar-refractivity contribution is -0.385. The van der Waals surface area contributed by atoms with Gasteiger partial charge >= 0.3 is 11.7 Å². The van der Waals surface area contributed by atoms with Crippen LogP contribution in [0.15, 0.2) is 48.2 Å². The molecule has 11 nitrogen and oxygen atoms in total. The van der Waals surface area contributed by atoms with Crippen LogP contribution in [-0.4, -0.2) is 31.8 Å². The third-order valence-corrected chi connectivity index (χ3v) is 3.96. The molecule has 3 rings (SSSR count). The van der Waals surface area contributed by atoms with Gasteiger partial charge in [0.15, 0.2) is 5.75 Å². The number of carbonyl (C=O) groups is 2. The second kappa shape index (κ2) is 7.15. The summed E-state index contributed by atoms with van der Waals surface area (Å²) in [6, 6.07) is 8.24. The summed E-state index contributed by atoms with van der Waals surface area (Å²) in [7, 11) is 0. The second-order valence-corrected chi connectivity index (χ2v) is 5.81. The molecule has 2 aromatic carbocycles. The first-order chi connectivity index (χ1) is 13.3.